The summed E-state index contributed by atoms with van der Waals surface area (Å²) in [6.45, 7) is 3.04. The second-order valence-electron chi connectivity index (χ2n) is 5.22. The molecule has 0 spiro atoms. The molecule has 18 heavy (non-hydrogen) atoms. The predicted molar refractivity (Wildman–Crippen MR) is 73.2 cm³/mol. The summed E-state index contributed by atoms with van der Waals surface area (Å²) in [4.78, 5) is 2.42. The Hall–Kier alpha value is -1.39. The van der Waals surface area contributed by atoms with Crippen LogP contribution < -0.4 is 5.73 Å². The lowest BCUT2D eigenvalue weighted by atomic mass is 10.1. The third-order valence-corrected chi connectivity index (χ3v) is 3.75. The van der Waals surface area contributed by atoms with Crippen LogP contribution in [0, 0.1) is 0 Å². The van der Waals surface area contributed by atoms with Crippen LogP contribution >= 0.6 is 0 Å². The van der Waals surface area contributed by atoms with Crippen molar-refractivity contribution in [1.82, 2.24) is 14.7 Å². The van der Waals surface area contributed by atoms with E-state index in [1.54, 1.807) is 0 Å². The molecule has 1 unspecified atom stereocenters. The lowest BCUT2D eigenvalue weighted by molar-refractivity contribution is 0.199. The molecule has 2 heterocycles. The molecule has 4 heteroatoms. The third kappa shape index (κ3) is 2.13. The molecule has 1 aliphatic heterocycles. The number of aromatic nitrogens is 2. The number of nitrogens with two attached hydrogens (primary N) is 1. The zero-order chi connectivity index (χ0) is 12.5. The minimum atomic E-state index is 0.328. The summed E-state index contributed by atoms with van der Waals surface area (Å²) in [5.74, 6) is 0. The summed E-state index contributed by atoms with van der Waals surface area (Å²) in [5.41, 5.74) is 8.40. The molecule has 0 aliphatic carbocycles. The van der Waals surface area contributed by atoms with Crippen LogP contribution in [0.25, 0.3) is 10.9 Å². The molecule has 0 saturated carbocycles. The molecule has 2 aromatic rings. The fourth-order valence-corrected chi connectivity index (χ4v) is 2.85. The molecule has 2 N–H and O–H groups in total. The number of likely N-dealkylation sites (tertiary alicyclic amines) is 1. The highest BCUT2D eigenvalue weighted by atomic mass is 15.3. The maximum absolute atomic E-state index is 6.03. The standard InChI is InChI=1S/C14H20N4/c1-17-14-7-3-2-6-12(14)13(16-17)10-18-8-4-5-11(15)9-18/h2-3,6-7,11H,4-5,8-10,15H2,1H3. The predicted octanol–water partition coefficient (Wildman–Crippen LogP) is 1.50. The van der Waals surface area contributed by atoms with Gasteiger partial charge in [-0.3, -0.25) is 9.58 Å². The fraction of sp³-hybridized carbons (Fsp3) is 0.500. The molecule has 0 bridgehead atoms. The van der Waals surface area contributed by atoms with Crippen molar-refractivity contribution < 1.29 is 0 Å². The molecule has 1 aromatic carbocycles. The van der Waals surface area contributed by atoms with E-state index in [0.29, 0.717) is 6.04 Å². The van der Waals surface area contributed by atoms with Crippen LogP contribution in [-0.4, -0.2) is 33.8 Å². The fourth-order valence-electron chi connectivity index (χ4n) is 2.85. The number of rotatable bonds is 2. The van der Waals surface area contributed by atoms with Gasteiger partial charge < -0.3 is 5.73 Å². The largest absolute Gasteiger partial charge is 0.327 e. The van der Waals surface area contributed by atoms with Gasteiger partial charge in [-0.15, -0.1) is 0 Å². The lowest BCUT2D eigenvalue weighted by Gasteiger charge is -2.30. The van der Waals surface area contributed by atoms with Crippen molar-refractivity contribution >= 4 is 10.9 Å². The molecule has 0 amide bonds. The molecule has 4 nitrogen and oxygen atoms in total. The zero-order valence-electron chi connectivity index (χ0n) is 10.8. The number of hydrogen-bond donors (Lipinski definition) is 1. The van der Waals surface area contributed by atoms with Gasteiger partial charge in [0.15, 0.2) is 0 Å². The average molecular weight is 244 g/mol. The number of aryl methyl sites for hydroxylation is 1. The first kappa shape index (κ1) is 11.7. The van der Waals surface area contributed by atoms with Gasteiger partial charge in [0.25, 0.3) is 0 Å². The monoisotopic (exact) mass is 244 g/mol. The van der Waals surface area contributed by atoms with Crippen molar-refractivity contribution in [2.75, 3.05) is 13.1 Å². The van der Waals surface area contributed by atoms with Crippen molar-refractivity contribution in [2.45, 2.75) is 25.4 Å². The van der Waals surface area contributed by atoms with Crippen molar-refractivity contribution in [3.8, 4) is 0 Å². The number of benzene rings is 1. The minimum absolute atomic E-state index is 0.328. The number of hydrogen-bond acceptors (Lipinski definition) is 3. The molecule has 1 saturated heterocycles. The number of para-hydroxylation sites is 1. The first-order chi connectivity index (χ1) is 8.74. The number of fused-ring (bicyclic) bond motifs is 1. The zero-order valence-corrected chi connectivity index (χ0v) is 10.8. The van der Waals surface area contributed by atoms with E-state index < -0.39 is 0 Å². The van der Waals surface area contributed by atoms with Crippen LogP contribution in [0.5, 0.6) is 0 Å². The first-order valence-electron chi connectivity index (χ1n) is 6.62. The SMILES string of the molecule is Cn1nc(CN2CCCC(N)C2)c2ccccc21. The summed E-state index contributed by atoms with van der Waals surface area (Å²) in [5, 5.41) is 5.91. The molecule has 1 fully saturated rings. The summed E-state index contributed by atoms with van der Waals surface area (Å²) in [6.07, 6.45) is 2.35. The summed E-state index contributed by atoms with van der Waals surface area (Å²) in [7, 11) is 2.01. The topological polar surface area (TPSA) is 47.1 Å². The quantitative estimate of drug-likeness (QED) is 0.871. The maximum Gasteiger partial charge on any atom is 0.0843 e. The van der Waals surface area contributed by atoms with Crippen LogP contribution in [0.15, 0.2) is 24.3 Å². The first-order valence-corrected chi connectivity index (χ1v) is 6.62. The number of piperidine rings is 1. The minimum Gasteiger partial charge on any atom is -0.327 e. The van der Waals surface area contributed by atoms with E-state index in [9.17, 15) is 0 Å². The molecule has 1 aromatic heterocycles. The Kier molecular flexibility index (Phi) is 3.06. The maximum atomic E-state index is 6.03. The second kappa shape index (κ2) is 4.71. The van der Waals surface area contributed by atoms with Gasteiger partial charge in [-0.05, 0) is 25.5 Å². The van der Waals surface area contributed by atoms with Gasteiger partial charge in [0, 0.05) is 31.6 Å². The van der Waals surface area contributed by atoms with E-state index in [0.717, 1.165) is 26.1 Å². The Labute approximate surface area is 107 Å². The molecule has 0 radical (unpaired) electrons. The normalized spacial score (nSPS) is 21.6. The van der Waals surface area contributed by atoms with Gasteiger partial charge >= 0.3 is 0 Å². The van der Waals surface area contributed by atoms with Crippen molar-refractivity contribution in [3.63, 3.8) is 0 Å². The summed E-state index contributed by atoms with van der Waals surface area (Å²) in [6, 6.07) is 8.74. The Morgan fingerprint density at radius 3 is 3.06 bits per heavy atom. The van der Waals surface area contributed by atoms with Crippen LogP contribution in [0.2, 0.25) is 0 Å². The average Bonchev–Trinajstić information content (AvgIpc) is 2.67. The third-order valence-electron chi connectivity index (χ3n) is 3.75. The van der Waals surface area contributed by atoms with Crippen LogP contribution in [0.1, 0.15) is 18.5 Å². The Morgan fingerprint density at radius 2 is 2.22 bits per heavy atom. The van der Waals surface area contributed by atoms with Gasteiger partial charge in [-0.1, -0.05) is 18.2 Å². The lowest BCUT2D eigenvalue weighted by Crippen LogP contribution is -2.42. The Morgan fingerprint density at radius 1 is 1.39 bits per heavy atom. The van der Waals surface area contributed by atoms with E-state index in [4.69, 9.17) is 5.73 Å². The van der Waals surface area contributed by atoms with Crippen molar-refractivity contribution in [2.24, 2.45) is 12.8 Å². The van der Waals surface area contributed by atoms with Gasteiger partial charge in [-0.25, -0.2) is 0 Å². The molecule has 96 valence electrons. The molecular formula is C14H20N4. The van der Waals surface area contributed by atoms with Crippen LogP contribution in [0.3, 0.4) is 0 Å². The van der Waals surface area contributed by atoms with Crippen LogP contribution in [0.4, 0.5) is 0 Å². The highest BCUT2D eigenvalue weighted by molar-refractivity contribution is 5.81. The van der Waals surface area contributed by atoms with Gasteiger partial charge in [0.05, 0.1) is 11.2 Å². The Bertz CT molecular complexity index is 546. The molecular weight excluding hydrogens is 224 g/mol. The van der Waals surface area contributed by atoms with E-state index >= 15 is 0 Å². The smallest absolute Gasteiger partial charge is 0.0843 e. The van der Waals surface area contributed by atoms with E-state index in [1.165, 1.54) is 23.0 Å². The van der Waals surface area contributed by atoms with Gasteiger partial charge in [-0.2, -0.15) is 5.10 Å². The molecule has 1 aliphatic rings. The highest BCUT2D eigenvalue weighted by Gasteiger charge is 2.18. The number of nitrogens with zero attached hydrogens (tertiary/aromatic N) is 3. The van der Waals surface area contributed by atoms with E-state index in [1.807, 2.05) is 11.7 Å². The highest BCUT2D eigenvalue weighted by Crippen LogP contribution is 2.20. The second-order valence-corrected chi connectivity index (χ2v) is 5.22. The summed E-state index contributed by atoms with van der Waals surface area (Å²) < 4.78 is 1.97. The van der Waals surface area contributed by atoms with Gasteiger partial charge in [0.2, 0.25) is 0 Å². The Balaban J connectivity index is 1.86. The van der Waals surface area contributed by atoms with Crippen molar-refractivity contribution in [1.29, 1.82) is 0 Å². The molecule has 1 atom stereocenters. The molecule has 3 rings (SSSR count). The summed E-state index contributed by atoms with van der Waals surface area (Å²) >= 11 is 0. The van der Waals surface area contributed by atoms with Crippen LogP contribution in [-0.2, 0) is 13.6 Å². The van der Waals surface area contributed by atoms with Gasteiger partial charge in [0.1, 0.15) is 0 Å². The van der Waals surface area contributed by atoms with Crippen molar-refractivity contribution in [3.05, 3.63) is 30.0 Å². The van der Waals surface area contributed by atoms with E-state index in [-0.39, 0.29) is 0 Å². The van der Waals surface area contributed by atoms with E-state index in [2.05, 4.69) is 34.3 Å².